The summed E-state index contributed by atoms with van der Waals surface area (Å²) in [5.41, 5.74) is 8.43. The molecule has 1 heterocycles. The van der Waals surface area contributed by atoms with E-state index in [0.29, 0.717) is 11.4 Å². The molecule has 0 spiro atoms. The van der Waals surface area contributed by atoms with Crippen molar-refractivity contribution in [1.82, 2.24) is 14.8 Å². The SMILES string of the molecule is Cc1cccc(C(=O)n2c(N)nnc2C(C)C)c1C. The Kier molecular flexibility index (Phi) is 3.38. The molecule has 0 aliphatic heterocycles. The van der Waals surface area contributed by atoms with E-state index in [2.05, 4.69) is 10.2 Å². The highest BCUT2D eigenvalue weighted by molar-refractivity contribution is 5.99. The molecule has 1 aromatic heterocycles. The summed E-state index contributed by atoms with van der Waals surface area (Å²) in [4.78, 5) is 12.6. The third-order valence-electron chi connectivity index (χ3n) is 3.27. The molecule has 5 heteroatoms. The topological polar surface area (TPSA) is 73.8 Å². The number of hydrogen-bond acceptors (Lipinski definition) is 4. The van der Waals surface area contributed by atoms with Crippen molar-refractivity contribution in [1.29, 1.82) is 0 Å². The number of anilines is 1. The van der Waals surface area contributed by atoms with E-state index in [1.807, 2.05) is 39.8 Å². The summed E-state index contributed by atoms with van der Waals surface area (Å²) in [6.07, 6.45) is 0. The van der Waals surface area contributed by atoms with Crippen LogP contribution in [0.1, 0.15) is 47.1 Å². The zero-order valence-corrected chi connectivity index (χ0v) is 11.6. The van der Waals surface area contributed by atoms with Crippen LogP contribution in [-0.4, -0.2) is 20.7 Å². The molecule has 0 aliphatic rings. The molecule has 19 heavy (non-hydrogen) atoms. The van der Waals surface area contributed by atoms with Crippen LogP contribution in [0.25, 0.3) is 0 Å². The highest BCUT2D eigenvalue weighted by Gasteiger charge is 2.21. The predicted molar refractivity (Wildman–Crippen MR) is 74.2 cm³/mol. The van der Waals surface area contributed by atoms with E-state index >= 15 is 0 Å². The van der Waals surface area contributed by atoms with Crippen molar-refractivity contribution in [3.63, 3.8) is 0 Å². The number of rotatable bonds is 2. The Morgan fingerprint density at radius 3 is 2.58 bits per heavy atom. The number of carbonyl (C=O) groups excluding carboxylic acids is 1. The van der Waals surface area contributed by atoms with Crippen molar-refractivity contribution >= 4 is 11.9 Å². The first-order valence-electron chi connectivity index (χ1n) is 6.25. The maximum atomic E-state index is 12.6. The van der Waals surface area contributed by atoms with Gasteiger partial charge in [0.15, 0.2) is 0 Å². The third kappa shape index (κ3) is 2.23. The number of carbonyl (C=O) groups is 1. The summed E-state index contributed by atoms with van der Waals surface area (Å²) in [5, 5.41) is 7.79. The van der Waals surface area contributed by atoms with Crippen LogP contribution in [0, 0.1) is 13.8 Å². The van der Waals surface area contributed by atoms with Gasteiger partial charge in [0.05, 0.1) is 0 Å². The van der Waals surface area contributed by atoms with Gasteiger partial charge in [0, 0.05) is 11.5 Å². The van der Waals surface area contributed by atoms with E-state index in [9.17, 15) is 4.79 Å². The highest BCUT2D eigenvalue weighted by Crippen LogP contribution is 2.19. The lowest BCUT2D eigenvalue weighted by molar-refractivity contribution is 0.0957. The molecule has 0 bridgehead atoms. The summed E-state index contributed by atoms with van der Waals surface area (Å²) in [5.74, 6) is 0.629. The number of benzene rings is 1. The van der Waals surface area contributed by atoms with Crippen LogP contribution >= 0.6 is 0 Å². The highest BCUT2D eigenvalue weighted by atomic mass is 16.2. The van der Waals surface area contributed by atoms with Gasteiger partial charge in [-0.3, -0.25) is 4.79 Å². The van der Waals surface area contributed by atoms with Crippen molar-refractivity contribution in [2.75, 3.05) is 5.73 Å². The van der Waals surface area contributed by atoms with E-state index in [-0.39, 0.29) is 17.8 Å². The summed E-state index contributed by atoms with van der Waals surface area (Å²) in [6.45, 7) is 7.82. The molecular weight excluding hydrogens is 240 g/mol. The molecule has 2 N–H and O–H groups in total. The van der Waals surface area contributed by atoms with Gasteiger partial charge in [-0.2, -0.15) is 0 Å². The Morgan fingerprint density at radius 1 is 1.26 bits per heavy atom. The third-order valence-corrected chi connectivity index (χ3v) is 3.27. The fourth-order valence-corrected chi connectivity index (χ4v) is 1.99. The molecule has 100 valence electrons. The van der Waals surface area contributed by atoms with Crippen molar-refractivity contribution < 1.29 is 4.79 Å². The molecule has 2 rings (SSSR count). The predicted octanol–water partition coefficient (Wildman–Crippen LogP) is 2.29. The van der Waals surface area contributed by atoms with Crippen molar-refractivity contribution in [3.05, 3.63) is 40.7 Å². The van der Waals surface area contributed by atoms with Crippen LogP contribution in [0.4, 0.5) is 5.95 Å². The number of aromatic nitrogens is 3. The van der Waals surface area contributed by atoms with Gasteiger partial charge >= 0.3 is 0 Å². The van der Waals surface area contributed by atoms with Crippen molar-refractivity contribution in [3.8, 4) is 0 Å². The molecule has 0 amide bonds. The Labute approximate surface area is 112 Å². The smallest absolute Gasteiger partial charge is 0.266 e. The van der Waals surface area contributed by atoms with E-state index in [1.54, 1.807) is 6.07 Å². The van der Waals surface area contributed by atoms with Gasteiger partial charge in [-0.1, -0.05) is 26.0 Å². The molecule has 0 saturated heterocycles. The second-order valence-electron chi connectivity index (χ2n) is 4.96. The van der Waals surface area contributed by atoms with Gasteiger partial charge in [0.1, 0.15) is 5.82 Å². The van der Waals surface area contributed by atoms with Crippen molar-refractivity contribution in [2.45, 2.75) is 33.6 Å². The Bertz CT molecular complexity index is 628. The lowest BCUT2D eigenvalue weighted by Gasteiger charge is -2.12. The number of nitrogen functional groups attached to an aromatic ring is 1. The summed E-state index contributed by atoms with van der Waals surface area (Å²) >= 11 is 0. The van der Waals surface area contributed by atoms with Gasteiger partial charge in [-0.25, -0.2) is 4.57 Å². The monoisotopic (exact) mass is 258 g/mol. The average molecular weight is 258 g/mol. The molecule has 0 radical (unpaired) electrons. The number of nitrogens with zero attached hydrogens (tertiary/aromatic N) is 3. The maximum Gasteiger partial charge on any atom is 0.266 e. The van der Waals surface area contributed by atoms with Crippen LogP contribution < -0.4 is 5.73 Å². The molecular formula is C14H18N4O. The molecule has 0 atom stereocenters. The minimum atomic E-state index is -0.174. The average Bonchev–Trinajstić information content (AvgIpc) is 2.74. The minimum absolute atomic E-state index is 0.0823. The van der Waals surface area contributed by atoms with Crippen molar-refractivity contribution in [2.24, 2.45) is 0 Å². The first-order valence-corrected chi connectivity index (χ1v) is 6.25. The van der Waals surface area contributed by atoms with E-state index in [0.717, 1.165) is 11.1 Å². The van der Waals surface area contributed by atoms with Crippen LogP contribution in [-0.2, 0) is 0 Å². The molecule has 0 fully saturated rings. The maximum absolute atomic E-state index is 12.6. The molecule has 1 aromatic carbocycles. The van der Waals surface area contributed by atoms with E-state index < -0.39 is 0 Å². The second-order valence-corrected chi connectivity index (χ2v) is 4.96. The first kappa shape index (κ1) is 13.3. The lowest BCUT2D eigenvalue weighted by atomic mass is 10.0. The molecule has 0 saturated carbocycles. The van der Waals surface area contributed by atoms with Crippen LogP contribution in [0.3, 0.4) is 0 Å². The van der Waals surface area contributed by atoms with Crippen LogP contribution in [0.15, 0.2) is 18.2 Å². The summed E-state index contributed by atoms with van der Waals surface area (Å²) < 4.78 is 1.40. The molecule has 0 aliphatic carbocycles. The van der Waals surface area contributed by atoms with E-state index in [1.165, 1.54) is 4.57 Å². The molecule has 5 nitrogen and oxygen atoms in total. The standard InChI is InChI=1S/C14H18N4O/c1-8(2)12-16-17-14(15)18(12)13(19)11-7-5-6-9(3)10(11)4/h5-8H,1-4H3,(H2,15,17). The van der Waals surface area contributed by atoms with Crippen LogP contribution in [0.2, 0.25) is 0 Å². The van der Waals surface area contributed by atoms with Gasteiger partial charge in [0.2, 0.25) is 5.95 Å². The molecule has 0 unspecified atom stereocenters. The zero-order valence-electron chi connectivity index (χ0n) is 11.6. The van der Waals surface area contributed by atoms with Crippen LogP contribution in [0.5, 0.6) is 0 Å². The number of hydrogen-bond donors (Lipinski definition) is 1. The van der Waals surface area contributed by atoms with Gasteiger partial charge in [-0.15, -0.1) is 10.2 Å². The zero-order chi connectivity index (χ0) is 14.2. The Hall–Kier alpha value is -2.17. The normalized spacial score (nSPS) is 11.0. The lowest BCUT2D eigenvalue weighted by Crippen LogP contribution is -2.19. The fraction of sp³-hybridized carbons (Fsp3) is 0.357. The van der Waals surface area contributed by atoms with Gasteiger partial charge in [0.25, 0.3) is 5.91 Å². The van der Waals surface area contributed by atoms with E-state index in [4.69, 9.17) is 5.73 Å². The Morgan fingerprint density at radius 2 is 1.95 bits per heavy atom. The Balaban J connectivity index is 2.56. The summed E-state index contributed by atoms with van der Waals surface area (Å²) in [7, 11) is 0. The van der Waals surface area contributed by atoms with Gasteiger partial charge < -0.3 is 5.73 Å². The number of nitrogens with two attached hydrogens (primary N) is 1. The summed E-state index contributed by atoms with van der Waals surface area (Å²) in [6, 6.07) is 5.64. The largest absolute Gasteiger partial charge is 0.367 e. The van der Waals surface area contributed by atoms with Gasteiger partial charge in [-0.05, 0) is 31.0 Å². The fourth-order valence-electron chi connectivity index (χ4n) is 1.99. The second kappa shape index (κ2) is 4.84. The quantitative estimate of drug-likeness (QED) is 0.896. The first-order chi connectivity index (χ1) is 8.93. The minimum Gasteiger partial charge on any atom is -0.367 e. The molecule has 2 aromatic rings. The number of aryl methyl sites for hydroxylation is 1.